The maximum atomic E-state index is 4.81. The van der Waals surface area contributed by atoms with Gasteiger partial charge in [0.05, 0.1) is 0 Å². The van der Waals surface area contributed by atoms with Crippen LogP contribution in [0.2, 0.25) is 0 Å². The first-order valence-corrected chi connectivity index (χ1v) is 4.62. The summed E-state index contributed by atoms with van der Waals surface area (Å²) in [6.45, 7) is 0. The molecule has 0 aliphatic carbocycles. The molecular formula is C8H10Cl3N. The van der Waals surface area contributed by atoms with Gasteiger partial charge in [0, 0.05) is 12.7 Å². The first-order chi connectivity index (χ1) is 5.66. The second-order valence-electron chi connectivity index (χ2n) is 1.86. The largest absolute Gasteiger partial charge is 0.388 e. The molecule has 1 rings (SSSR count). The minimum atomic E-state index is -0.750. The summed E-state index contributed by atoms with van der Waals surface area (Å²) in [7, 11) is 1.91. The fourth-order valence-electron chi connectivity index (χ4n) is 0.605. The summed E-state index contributed by atoms with van der Waals surface area (Å²) in [4.78, 5) is 0. The molecule has 0 saturated carbocycles. The maximum Gasteiger partial charge on any atom is 0.180 e. The molecule has 0 aliphatic heterocycles. The standard InChI is InChI=1S/C7H9N.CHCl3/c1-8-7-5-3-2-4-6-7;2-1(3)4/h2-6,8H,1H3;1H. The molecule has 0 saturated heterocycles. The Morgan fingerprint density at radius 2 is 1.50 bits per heavy atom. The van der Waals surface area contributed by atoms with Crippen molar-refractivity contribution in [3.8, 4) is 0 Å². The number of alkyl halides is 3. The van der Waals surface area contributed by atoms with Crippen LogP contribution in [0.3, 0.4) is 0 Å². The lowest BCUT2D eigenvalue weighted by atomic mass is 10.3. The van der Waals surface area contributed by atoms with Gasteiger partial charge in [-0.05, 0) is 12.1 Å². The Morgan fingerprint density at radius 3 is 1.75 bits per heavy atom. The Labute approximate surface area is 87.6 Å². The lowest BCUT2D eigenvalue weighted by Gasteiger charge is -1.94. The highest BCUT2D eigenvalue weighted by Gasteiger charge is 1.79. The average Bonchev–Trinajstić information content (AvgIpc) is 2.05. The SMILES string of the molecule is CNc1ccccc1.ClC(Cl)Cl. The lowest BCUT2D eigenvalue weighted by Crippen LogP contribution is -1.84. The van der Waals surface area contributed by atoms with Crippen LogP contribution >= 0.6 is 34.8 Å². The molecule has 1 aromatic carbocycles. The van der Waals surface area contributed by atoms with Crippen LogP contribution in [0.4, 0.5) is 5.69 Å². The highest BCUT2D eigenvalue weighted by molar-refractivity contribution is 6.63. The number of anilines is 1. The van der Waals surface area contributed by atoms with E-state index in [-0.39, 0.29) is 0 Å². The summed E-state index contributed by atoms with van der Waals surface area (Å²) in [5.74, 6) is 0. The normalized spacial score (nSPS) is 8.75. The molecule has 0 atom stereocenters. The second-order valence-corrected chi connectivity index (χ2v) is 3.84. The monoisotopic (exact) mass is 225 g/mol. The third-order valence-electron chi connectivity index (χ3n) is 1.06. The Morgan fingerprint density at radius 1 is 1.08 bits per heavy atom. The molecule has 0 unspecified atom stereocenters. The van der Waals surface area contributed by atoms with E-state index in [4.69, 9.17) is 34.8 Å². The zero-order chi connectivity index (χ0) is 9.40. The van der Waals surface area contributed by atoms with E-state index in [9.17, 15) is 0 Å². The van der Waals surface area contributed by atoms with Crippen LogP contribution in [-0.2, 0) is 0 Å². The van der Waals surface area contributed by atoms with Crippen LogP contribution in [0.25, 0.3) is 0 Å². The predicted molar refractivity (Wildman–Crippen MR) is 57.3 cm³/mol. The Kier molecular flexibility index (Phi) is 7.47. The Bertz CT molecular complexity index is 186. The number of para-hydroxylation sites is 1. The number of hydrogen-bond donors (Lipinski definition) is 1. The number of rotatable bonds is 1. The zero-order valence-corrected chi connectivity index (χ0v) is 8.87. The van der Waals surface area contributed by atoms with Crippen LogP contribution < -0.4 is 5.32 Å². The average molecular weight is 227 g/mol. The van der Waals surface area contributed by atoms with E-state index in [1.807, 2.05) is 37.4 Å². The quantitative estimate of drug-likeness (QED) is 0.720. The topological polar surface area (TPSA) is 12.0 Å². The van der Waals surface area contributed by atoms with Crippen LogP contribution in [0.15, 0.2) is 30.3 Å². The first-order valence-electron chi connectivity index (χ1n) is 3.32. The van der Waals surface area contributed by atoms with Crippen molar-refractivity contribution >= 4 is 40.5 Å². The lowest BCUT2D eigenvalue weighted by molar-refractivity contribution is 1.51. The molecule has 1 aromatic rings. The van der Waals surface area contributed by atoms with Crippen LogP contribution in [0.5, 0.6) is 0 Å². The van der Waals surface area contributed by atoms with E-state index < -0.39 is 4.30 Å². The smallest absolute Gasteiger partial charge is 0.180 e. The molecule has 1 nitrogen and oxygen atoms in total. The number of halogens is 3. The van der Waals surface area contributed by atoms with Crippen molar-refractivity contribution in [3.63, 3.8) is 0 Å². The van der Waals surface area contributed by atoms with E-state index >= 15 is 0 Å². The van der Waals surface area contributed by atoms with E-state index in [0.717, 1.165) is 5.69 Å². The summed E-state index contributed by atoms with van der Waals surface area (Å²) in [6.07, 6.45) is 0. The van der Waals surface area contributed by atoms with Crippen molar-refractivity contribution in [2.24, 2.45) is 0 Å². The van der Waals surface area contributed by atoms with Crippen molar-refractivity contribution in [3.05, 3.63) is 30.3 Å². The zero-order valence-electron chi connectivity index (χ0n) is 6.60. The van der Waals surface area contributed by atoms with Crippen molar-refractivity contribution in [2.45, 2.75) is 4.30 Å². The molecule has 0 fully saturated rings. The van der Waals surface area contributed by atoms with Gasteiger partial charge in [-0.1, -0.05) is 53.0 Å². The number of nitrogens with one attached hydrogen (secondary N) is 1. The summed E-state index contributed by atoms with van der Waals surface area (Å²) in [5, 5.41) is 3.03. The van der Waals surface area contributed by atoms with Gasteiger partial charge < -0.3 is 5.32 Å². The van der Waals surface area contributed by atoms with E-state index in [0.29, 0.717) is 0 Å². The Balaban J connectivity index is 0.000000261. The third kappa shape index (κ3) is 7.99. The van der Waals surface area contributed by atoms with Gasteiger partial charge in [-0.3, -0.25) is 0 Å². The molecule has 12 heavy (non-hydrogen) atoms. The molecule has 1 N–H and O–H groups in total. The molecule has 0 spiro atoms. The minimum absolute atomic E-state index is 0.750. The Hall–Kier alpha value is -0.110. The highest BCUT2D eigenvalue weighted by Crippen LogP contribution is 2.03. The van der Waals surface area contributed by atoms with Crippen LogP contribution in [-0.4, -0.2) is 11.3 Å². The van der Waals surface area contributed by atoms with Gasteiger partial charge in [-0.25, -0.2) is 0 Å². The number of benzene rings is 1. The molecule has 0 radical (unpaired) electrons. The van der Waals surface area contributed by atoms with E-state index in [2.05, 4.69) is 5.32 Å². The van der Waals surface area contributed by atoms with Gasteiger partial charge in [-0.2, -0.15) is 0 Å². The van der Waals surface area contributed by atoms with Crippen LogP contribution in [0, 0.1) is 0 Å². The van der Waals surface area contributed by atoms with Crippen molar-refractivity contribution in [1.29, 1.82) is 0 Å². The van der Waals surface area contributed by atoms with Crippen molar-refractivity contribution in [2.75, 3.05) is 12.4 Å². The molecule has 0 amide bonds. The first kappa shape index (κ1) is 11.9. The van der Waals surface area contributed by atoms with Crippen molar-refractivity contribution < 1.29 is 0 Å². The highest BCUT2D eigenvalue weighted by atomic mass is 35.6. The van der Waals surface area contributed by atoms with Gasteiger partial charge in [-0.15, -0.1) is 0 Å². The van der Waals surface area contributed by atoms with Crippen molar-refractivity contribution in [1.82, 2.24) is 0 Å². The van der Waals surface area contributed by atoms with E-state index in [1.54, 1.807) is 0 Å². The summed E-state index contributed by atoms with van der Waals surface area (Å²) < 4.78 is -0.750. The van der Waals surface area contributed by atoms with Gasteiger partial charge >= 0.3 is 0 Å². The maximum absolute atomic E-state index is 4.81. The molecule has 0 aliphatic rings. The number of hydrogen-bond acceptors (Lipinski definition) is 1. The molecule has 68 valence electrons. The fourth-order valence-corrected chi connectivity index (χ4v) is 0.605. The summed E-state index contributed by atoms with van der Waals surface area (Å²) in [6, 6.07) is 10.1. The molecule has 0 aromatic heterocycles. The predicted octanol–water partition coefficient (Wildman–Crippen LogP) is 3.71. The van der Waals surface area contributed by atoms with Gasteiger partial charge in [0.15, 0.2) is 4.30 Å². The minimum Gasteiger partial charge on any atom is -0.388 e. The van der Waals surface area contributed by atoms with E-state index in [1.165, 1.54) is 0 Å². The van der Waals surface area contributed by atoms with Gasteiger partial charge in [0.1, 0.15) is 0 Å². The van der Waals surface area contributed by atoms with Gasteiger partial charge in [0.25, 0.3) is 0 Å². The fraction of sp³-hybridized carbons (Fsp3) is 0.250. The molecular weight excluding hydrogens is 216 g/mol. The summed E-state index contributed by atoms with van der Waals surface area (Å²) >= 11 is 14.4. The molecule has 4 heteroatoms. The van der Waals surface area contributed by atoms with Crippen LogP contribution in [0.1, 0.15) is 0 Å². The van der Waals surface area contributed by atoms with Gasteiger partial charge in [0.2, 0.25) is 0 Å². The summed E-state index contributed by atoms with van der Waals surface area (Å²) in [5.41, 5.74) is 1.16. The molecule has 0 heterocycles. The second kappa shape index (κ2) is 7.53. The molecule has 0 bridgehead atoms. The third-order valence-corrected chi connectivity index (χ3v) is 1.06.